The number of ether oxygens (including phenoxy) is 2. The van der Waals surface area contributed by atoms with Crippen LogP contribution < -0.4 is 36.1 Å². The van der Waals surface area contributed by atoms with Gasteiger partial charge < -0.3 is 45.9 Å². The van der Waals surface area contributed by atoms with Crippen molar-refractivity contribution in [1.82, 2.24) is 36.4 Å². The molecule has 2 saturated heterocycles. The molecule has 63 heavy (non-hydrogen) atoms. The van der Waals surface area contributed by atoms with E-state index in [0.29, 0.717) is 44.8 Å². The molecular weight excluding hydrogens is 799 g/mol. The van der Waals surface area contributed by atoms with E-state index < -0.39 is 30.2 Å². The molecule has 0 bridgehead atoms. The van der Waals surface area contributed by atoms with E-state index in [1.54, 1.807) is 32.8 Å². The van der Waals surface area contributed by atoms with Gasteiger partial charge in [0.2, 0.25) is 29.5 Å². The van der Waals surface area contributed by atoms with Crippen molar-refractivity contribution in [2.45, 2.75) is 121 Å². The highest BCUT2D eigenvalue weighted by atomic mass is 16.5. The monoisotopic (exact) mass is 866 g/mol. The van der Waals surface area contributed by atoms with Crippen LogP contribution in [-0.2, 0) is 43.2 Å². The van der Waals surface area contributed by atoms with Crippen LogP contribution in [0.3, 0.4) is 0 Å². The van der Waals surface area contributed by atoms with Crippen LogP contribution in [0.5, 0.6) is 11.5 Å². The van der Waals surface area contributed by atoms with Crippen LogP contribution >= 0.6 is 0 Å². The van der Waals surface area contributed by atoms with Gasteiger partial charge in [-0.1, -0.05) is 48.5 Å². The van der Waals surface area contributed by atoms with Crippen LogP contribution in [0.2, 0.25) is 0 Å². The molecule has 5 amide bonds. The second kappa shape index (κ2) is 23.3. The quantitative estimate of drug-likeness (QED) is 0.0995. The van der Waals surface area contributed by atoms with Gasteiger partial charge in [0.25, 0.3) is 0 Å². The lowest BCUT2D eigenvalue weighted by Gasteiger charge is -2.32. The van der Waals surface area contributed by atoms with Gasteiger partial charge in [-0.2, -0.15) is 0 Å². The second-order valence-electron chi connectivity index (χ2n) is 17.1. The van der Waals surface area contributed by atoms with Gasteiger partial charge in [-0.3, -0.25) is 24.0 Å². The van der Waals surface area contributed by atoms with E-state index in [1.807, 2.05) is 65.6 Å². The van der Waals surface area contributed by atoms with Crippen molar-refractivity contribution in [2.75, 3.05) is 46.9 Å². The summed E-state index contributed by atoms with van der Waals surface area (Å²) >= 11 is 0. The third-order valence-corrected chi connectivity index (χ3v) is 12.6. The molecular formula is C49H67N7O7. The zero-order valence-electron chi connectivity index (χ0n) is 37.5. The fourth-order valence-corrected chi connectivity index (χ4v) is 8.59. The van der Waals surface area contributed by atoms with Gasteiger partial charge in [0, 0.05) is 32.5 Å². The number of aryl methyl sites for hydroxylation is 1. The SMILES string of the molecule is CN[C@@H](C)C(=O)N[C@@H](Cc1ccc(OCCCCOc2ccc(C[C@H](NC(=O)[C@H](C)NC)C(=O)N3CCCC3C(=O)N[C@@H]3CCCc4ccccc43)cc2)cc1)C(=O)N1CCCC1. The van der Waals surface area contributed by atoms with Crippen LogP contribution in [0.25, 0.3) is 0 Å². The van der Waals surface area contributed by atoms with Gasteiger partial charge in [0.1, 0.15) is 29.6 Å². The second-order valence-corrected chi connectivity index (χ2v) is 17.1. The summed E-state index contributed by atoms with van der Waals surface area (Å²) in [4.78, 5) is 70.5. The van der Waals surface area contributed by atoms with Crippen molar-refractivity contribution in [3.05, 3.63) is 95.1 Å². The number of benzene rings is 3. The molecule has 5 N–H and O–H groups in total. The van der Waals surface area contributed by atoms with Crippen molar-refractivity contribution >= 4 is 29.5 Å². The lowest BCUT2D eigenvalue weighted by Crippen LogP contribution is -2.56. The van der Waals surface area contributed by atoms with Crippen LogP contribution in [0.1, 0.15) is 93.5 Å². The zero-order valence-corrected chi connectivity index (χ0v) is 37.5. The van der Waals surface area contributed by atoms with Gasteiger partial charge in [-0.25, -0.2) is 0 Å². The predicted octanol–water partition coefficient (Wildman–Crippen LogP) is 4.00. The van der Waals surface area contributed by atoms with Crippen molar-refractivity contribution in [1.29, 1.82) is 0 Å². The number of nitrogens with zero attached hydrogens (tertiary/aromatic N) is 2. The summed E-state index contributed by atoms with van der Waals surface area (Å²) in [7, 11) is 3.42. The Balaban J connectivity index is 0.959. The first kappa shape index (κ1) is 47.0. The fraction of sp³-hybridized carbons (Fsp3) is 0.531. The maximum Gasteiger partial charge on any atom is 0.246 e. The number of hydrogen-bond donors (Lipinski definition) is 5. The molecule has 340 valence electrons. The van der Waals surface area contributed by atoms with E-state index in [4.69, 9.17) is 9.47 Å². The molecule has 0 aromatic heterocycles. The Hall–Kier alpha value is -5.47. The Morgan fingerprint density at radius 2 is 1.19 bits per heavy atom. The van der Waals surface area contributed by atoms with Crippen molar-refractivity contribution < 1.29 is 33.4 Å². The van der Waals surface area contributed by atoms with Crippen molar-refractivity contribution in [3.63, 3.8) is 0 Å². The van der Waals surface area contributed by atoms with Crippen molar-refractivity contribution in [2.24, 2.45) is 0 Å². The molecule has 6 atom stereocenters. The maximum atomic E-state index is 14.2. The van der Waals surface area contributed by atoms with E-state index in [-0.39, 0.29) is 42.0 Å². The minimum absolute atomic E-state index is 0.0422. The summed E-state index contributed by atoms with van der Waals surface area (Å²) < 4.78 is 12.0. The van der Waals surface area contributed by atoms with Gasteiger partial charge in [0.05, 0.1) is 31.3 Å². The number of likely N-dealkylation sites (N-methyl/N-ethyl adjacent to an activating group) is 2. The maximum absolute atomic E-state index is 14.2. The predicted molar refractivity (Wildman–Crippen MR) is 242 cm³/mol. The molecule has 1 aliphatic carbocycles. The molecule has 0 radical (unpaired) electrons. The molecule has 0 saturated carbocycles. The first-order valence-electron chi connectivity index (χ1n) is 22.9. The first-order chi connectivity index (χ1) is 30.5. The number of carbonyl (C=O) groups excluding carboxylic acids is 5. The normalized spacial score (nSPS) is 19.0. The largest absolute Gasteiger partial charge is 0.494 e. The number of amides is 5. The van der Waals surface area contributed by atoms with Crippen LogP contribution in [0, 0.1) is 0 Å². The Morgan fingerprint density at radius 1 is 0.651 bits per heavy atom. The van der Waals surface area contributed by atoms with Crippen LogP contribution in [0.4, 0.5) is 0 Å². The number of carbonyl (C=O) groups is 5. The topological polar surface area (TPSA) is 170 Å². The summed E-state index contributed by atoms with van der Waals surface area (Å²) in [6.07, 6.45) is 8.34. The van der Waals surface area contributed by atoms with Gasteiger partial charge in [-0.15, -0.1) is 0 Å². The highest BCUT2D eigenvalue weighted by Gasteiger charge is 2.39. The third kappa shape index (κ3) is 13.0. The number of fused-ring (bicyclic) bond motifs is 1. The average Bonchev–Trinajstić information content (AvgIpc) is 4.04. The Labute approximate surface area is 372 Å². The lowest BCUT2D eigenvalue weighted by atomic mass is 9.87. The standard InChI is InChI=1S/C49H67N7O7/c1-33(50-3)45(57)53-42(48(60)55-26-7-8-27-55)31-35-18-22-38(23-19-35)62-29-9-10-30-63-39-24-20-36(21-25-39)32-43(54-46(58)34(2)51-4)49(61)56-28-12-17-44(56)47(59)52-41-16-11-14-37-13-5-6-15-40(37)41/h5-6,13,15,18-25,33-34,41-44,50-51H,7-12,14,16-17,26-32H2,1-4H3,(H,52,59)(H,53,57)(H,54,58)/t33-,34-,41+,42-,43-,44?/m0/s1. The Kier molecular flexibility index (Phi) is 17.4. The summed E-state index contributed by atoms with van der Waals surface area (Å²) in [5.74, 6) is 0.496. The number of hydrogen-bond acceptors (Lipinski definition) is 9. The summed E-state index contributed by atoms with van der Waals surface area (Å²) in [5, 5.41) is 15.1. The van der Waals surface area contributed by atoms with E-state index in [0.717, 1.165) is 80.5 Å². The molecule has 14 nitrogen and oxygen atoms in total. The minimum Gasteiger partial charge on any atom is -0.494 e. The highest BCUT2D eigenvalue weighted by molar-refractivity contribution is 5.94. The zero-order chi connectivity index (χ0) is 44.7. The van der Waals surface area contributed by atoms with Crippen LogP contribution in [0.15, 0.2) is 72.8 Å². The Bertz CT molecular complexity index is 1990. The van der Waals surface area contributed by atoms with Gasteiger partial charge >= 0.3 is 0 Å². The third-order valence-electron chi connectivity index (χ3n) is 12.6. The number of unbranched alkanes of at least 4 members (excludes halogenated alkanes) is 1. The van der Waals surface area contributed by atoms with Gasteiger partial charge in [0.15, 0.2) is 0 Å². The Morgan fingerprint density at radius 3 is 1.75 bits per heavy atom. The number of likely N-dealkylation sites (tertiary alicyclic amines) is 2. The number of nitrogens with one attached hydrogen (secondary N) is 5. The fourth-order valence-electron chi connectivity index (χ4n) is 8.59. The summed E-state index contributed by atoms with van der Waals surface area (Å²) in [6.45, 7) is 6.43. The molecule has 14 heteroatoms. The first-order valence-corrected chi connectivity index (χ1v) is 22.9. The smallest absolute Gasteiger partial charge is 0.246 e. The molecule has 0 spiro atoms. The number of rotatable bonds is 21. The molecule has 2 heterocycles. The van der Waals surface area contributed by atoms with E-state index in [9.17, 15) is 24.0 Å². The summed E-state index contributed by atoms with van der Waals surface area (Å²) in [5.41, 5.74) is 4.21. The molecule has 3 aromatic rings. The molecule has 2 fully saturated rings. The minimum atomic E-state index is -0.846. The van der Waals surface area contributed by atoms with Crippen molar-refractivity contribution in [3.8, 4) is 11.5 Å². The van der Waals surface area contributed by atoms with E-state index in [2.05, 4.69) is 38.7 Å². The highest BCUT2D eigenvalue weighted by Crippen LogP contribution is 2.30. The van der Waals surface area contributed by atoms with E-state index in [1.165, 1.54) is 5.56 Å². The molecule has 2 aliphatic heterocycles. The van der Waals surface area contributed by atoms with E-state index >= 15 is 0 Å². The molecule has 1 unspecified atom stereocenters. The molecule has 3 aliphatic rings. The lowest BCUT2D eigenvalue weighted by molar-refractivity contribution is -0.141. The molecule has 3 aromatic carbocycles. The summed E-state index contributed by atoms with van der Waals surface area (Å²) in [6, 6.07) is 20.4. The van der Waals surface area contributed by atoms with Crippen LogP contribution in [-0.4, -0.2) is 116 Å². The molecule has 6 rings (SSSR count). The van der Waals surface area contributed by atoms with Gasteiger partial charge in [-0.05, 0) is 132 Å². The average molecular weight is 866 g/mol.